The van der Waals surface area contributed by atoms with Crippen LogP contribution in [0.1, 0.15) is 5.82 Å². The SMILES string of the molecule is COCc1nc(N)cc(Oc2cc(F)cc(Br)c2)n1. The number of anilines is 1. The monoisotopic (exact) mass is 327 g/mol. The molecule has 0 fully saturated rings. The van der Waals surface area contributed by atoms with Crippen molar-refractivity contribution in [1.29, 1.82) is 0 Å². The molecule has 0 aliphatic rings. The third-order valence-electron chi connectivity index (χ3n) is 2.10. The molecule has 0 spiro atoms. The van der Waals surface area contributed by atoms with Crippen LogP contribution in [0, 0.1) is 5.82 Å². The summed E-state index contributed by atoms with van der Waals surface area (Å²) in [5.74, 6) is 0.786. The summed E-state index contributed by atoms with van der Waals surface area (Å²) in [6.45, 7) is 0.217. The van der Waals surface area contributed by atoms with Crippen LogP contribution in [-0.4, -0.2) is 17.1 Å². The van der Waals surface area contributed by atoms with Crippen LogP contribution >= 0.6 is 15.9 Å². The second-order valence-electron chi connectivity index (χ2n) is 3.69. The maximum atomic E-state index is 13.2. The van der Waals surface area contributed by atoms with Crippen LogP contribution < -0.4 is 10.5 Å². The summed E-state index contributed by atoms with van der Waals surface area (Å²) in [4.78, 5) is 8.08. The fraction of sp³-hybridized carbons (Fsp3) is 0.167. The molecule has 0 saturated heterocycles. The number of halogens is 2. The Labute approximate surface area is 117 Å². The van der Waals surface area contributed by atoms with E-state index in [4.69, 9.17) is 15.2 Å². The van der Waals surface area contributed by atoms with Crippen molar-refractivity contribution in [3.63, 3.8) is 0 Å². The van der Waals surface area contributed by atoms with E-state index in [0.717, 1.165) is 0 Å². The van der Waals surface area contributed by atoms with E-state index in [0.29, 0.717) is 16.0 Å². The minimum Gasteiger partial charge on any atom is -0.439 e. The first kappa shape index (κ1) is 13.7. The lowest BCUT2D eigenvalue weighted by atomic mass is 10.3. The van der Waals surface area contributed by atoms with Gasteiger partial charge in [0.05, 0.1) is 0 Å². The minimum absolute atomic E-state index is 0.217. The molecule has 0 saturated carbocycles. The zero-order valence-electron chi connectivity index (χ0n) is 10.1. The van der Waals surface area contributed by atoms with Gasteiger partial charge in [-0.2, -0.15) is 4.98 Å². The average molecular weight is 328 g/mol. The highest BCUT2D eigenvalue weighted by atomic mass is 79.9. The molecule has 1 aromatic heterocycles. The van der Waals surface area contributed by atoms with Gasteiger partial charge in [0.25, 0.3) is 0 Å². The topological polar surface area (TPSA) is 70.3 Å². The first-order chi connectivity index (χ1) is 9.06. The second kappa shape index (κ2) is 5.94. The number of nitrogens with zero attached hydrogens (tertiary/aromatic N) is 2. The number of benzene rings is 1. The predicted molar refractivity (Wildman–Crippen MR) is 71.3 cm³/mol. The molecular formula is C12H11BrFN3O2. The van der Waals surface area contributed by atoms with Crippen LogP contribution in [0.15, 0.2) is 28.7 Å². The van der Waals surface area contributed by atoms with Crippen molar-refractivity contribution in [2.45, 2.75) is 6.61 Å². The standard InChI is InChI=1S/C12H11BrFN3O2/c1-18-6-11-16-10(15)5-12(17-11)19-9-3-7(13)2-8(14)4-9/h2-5H,6H2,1H3,(H2,15,16,17). The molecule has 0 amide bonds. The van der Waals surface area contributed by atoms with Gasteiger partial charge in [0.1, 0.15) is 24.0 Å². The highest BCUT2D eigenvalue weighted by Gasteiger charge is 2.06. The van der Waals surface area contributed by atoms with Crippen molar-refractivity contribution < 1.29 is 13.9 Å². The first-order valence-corrected chi connectivity index (χ1v) is 6.12. The van der Waals surface area contributed by atoms with Crippen molar-refractivity contribution in [3.8, 4) is 11.6 Å². The van der Waals surface area contributed by atoms with Crippen LogP contribution in [0.3, 0.4) is 0 Å². The molecule has 2 aromatic rings. The van der Waals surface area contributed by atoms with Gasteiger partial charge in [0.2, 0.25) is 5.88 Å². The number of ether oxygens (including phenoxy) is 2. The quantitative estimate of drug-likeness (QED) is 0.934. The molecule has 5 nitrogen and oxygen atoms in total. The zero-order valence-corrected chi connectivity index (χ0v) is 11.6. The molecular weight excluding hydrogens is 317 g/mol. The Morgan fingerprint density at radius 2 is 2.05 bits per heavy atom. The van der Waals surface area contributed by atoms with Crippen molar-refractivity contribution in [1.82, 2.24) is 9.97 Å². The Balaban J connectivity index is 2.27. The van der Waals surface area contributed by atoms with E-state index in [1.807, 2.05) is 0 Å². The number of methoxy groups -OCH3 is 1. The van der Waals surface area contributed by atoms with Crippen LogP contribution in [0.25, 0.3) is 0 Å². The molecule has 100 valence electrons. The number of rotatable bonds is 4. The summed E-state index contributed by atoms with van der Waals surface area (Å²) in [5, 5.41) is 0. The minimum atomic E-state index is -0.413. The van der Waals surface area contributed by atoms with Gasteiger partial charge in [-0.25, -0.2) is 9.37 Å². The lowest BCUT2D eigenvalue weighted by Gasteiger charge is -2.07. The summed E-state index contributed by atoms with van der Waals surface area (Å²) in [7, 11) is 1.52. The van der Waals surface area contributed by atoms with Gasteiger partial charge in [0.15, 0.2) is 5.82 Å². The second-order valence-corrected chi connectivity index (χ2v) is 4.60. The van der Waals surface area contributed by atoms with E-state index in [-0.39, 0.29) is 18.3 Å². The molecule has 0 aliphatic heterocycles. The Kier molecular flexibility index (Phi) is 4.28. The van der Waals surface area contributed by atoms with Gasteiger partial charge in [-0.1, -0.05) is 15.9 Å². The molecule has 19 heavy (non-hydrogen) atoms. The van der Waals surface area contributed by atoms with E-state index in [1.54, 1.807) is 6.07 Å². The van der Waals surface area contributed by atoms with Crippen LogP contribution in [-0.2, 0) is 11.3 Å². The summed E-state index contributed by atoms with van der Waals surface area (Å²) in [6, 6.07) is 5.66. The van der Waals surface area contributed by atoms with Crippen molar-refractivity contribution in [3.05, 3.63) is 40.4 Å². The zero-order chi connectivity index (χ0) is 13.8. The van der Waals surface area contributed by atoms with Gasteiger partial charge in [-0.3, -0.25) is 0 Å². The number of hydrogen-bond donors (Lipinski definition) is 1. The maximum Gasteiger partial charge on any atom is 0.224 e. The molecule has 0 bridgehead atoms. The lowest BCUT2D eigenvalue weighted by molar-refractivity contribution is 0.177. The molecule has 0 atom stereocenters. The van der Waals surface area contributed by atoms with Crippen molar-refractivity contribution in [2.75, 3.05) is 12.8 Å². The van der Waals surface area contributed by atoms with Gasteiger partial charge >= 0.3 is 0 Å². The number of hydrogen-bond acceptors (Lipinski definition) is 5. The largest absolute Gasteiger partial charge is 0.439 e. The average Bonchev–Trinajstić information content (AvgIpc) is 2.26. The normalized spacial score (nSPS) is 10.5. The molecule has 0 radical (unpaired) electrons. The smallest absolute Gasteiger partial charge is 0.224 e. The van der Waals surface area contributed by atoms with E-state index in [2.05, 4.69) is 25.9 Å². The molecule has 7 heteroatoms. The summed E-state index contributed by atoms with van der Waals surface area (Å²) < 4.78 is 24.2. The summed E-state index contributed by atoms with van der Waals surface area (Å²) >= 11 is 3.18. The number of aromatic nitrogens is 2. The fourth-order valence-corrected chi connectivity index (χ4v) is 1.89. The van der Waals surface area contributed by atoms with Crippen LogP contribution in [0.5, 0.6) is 11.6 Å². The molecule has 1 heterocycles. The Morgan fingerprint density at radius 3 is 2.74 bits per heavy atom. The van der Waals surface area contributed by atoms with E-state index >= 15 is 0 Å². The third kappa shape index (κ3) is 3.87. The number of nitrogen functional groups attached to an aromatic ring is 1. The third-order valence-corrected chi connectivity index (χ3v) is 2.56. The predicted octanol–water partition coefficient (Wildman–Crippen LogP) is 2.90. The van der Waals surface area contributed by atoms with E-state index in [1.165, 1.54) is 25.3 Å². The van der Waals surface area contributed by atoms with Gasteiger partial charge in [0, 0.05) is 23.7 Å². The molecule has 2 N–H and O–H groups in total. The Hall–Kier alpha value is -1.73. The molecule has 1 aromatic carbocycles. The summed E-state index contributed by atoms with van der Waals surface area (Å²) in [5.41, 5.74) is 5.63. The Morgan fingerprint density at radius 1 is 1.26 bits per heavy atom. The summed E-state index contributed by atoms with van der Waals surface area (Å²) in [6.07, 6.45) is 0. The number of nitrogens with two attached hydrogens (primary N) is 1. The van der Waals surface area contributed by atoms with E-state index in [9.17, 15) is 4.39 Å². The Bertz CT molecular complexity index is 575. The van der Waals surface area contributed by atoms with Crippen LogP contribution in [0.2, 0.25) is 0 Å². The molecule has 0 unspecified atom stereocenters. The van der Waals surface area contributed by atoms with Crippen molar-refractivity contribution in [2.24, 2.45) is 0 Å². The first-order valence-electron chi connectivity index (χ1n) is 5.33. The van der Waals surface area contributed by atoms with Gasteiger partial charge in [-0.15, -0.1) is 0 Å². The van der Waals surface area contributed by atoms with Crippen LogP contribution in [0.4, 0.5) is 10.2 Å². The van der Waals surface area contributed by atoms with Crippen molar-refractivity contribution >= 4 is 21.7 Å². The fourth-order valence-electron chi connectivity index (χ4n) is 1.45. The lowest BCUT2D eigenvalue weighted by Crippen LogP contribution is -2.02. The maximum absolute atomic E-state index is 13.2. The van der Waals surface area contributed by atoms with Gasteiger partial charge in [-0.05, 0) is 12.1 Å². The molecule has 0 aliphatic carbocycles. The van der Waals surface area contributed by atoms with E-state index < -0.39 is 5.82 Å². The van der Waals surface area contributed by atoms with Gasteiger partial charge < -0.3 is 15.2 Å². The highest BCUT2D eigenvalue weighted by Crippen LogP contribution is 2.25. The highest BCUT2D eigenvalue weighted by molar-refractivity contribution is 9.10. The molecule has 2 rings (SSSR count).